The van der Waals surface area contributed by atoms with Crippen LogP contribution in [0.4, 0.5) is 5.95 Å². The van der Waals surface area contributed by atoms with E-state index in [1.165, 1.54) is 25.6 Å². The van der Waals surface area contributed by atoms with Gasteiger partial charge in [0, 0.05) is 42.9 Å². The van der Waals surface area contributed by atoms with Crippen LogP contribution in [0.3, 0.4) is 0 Å². The van der Waals surface area contributed by atoms with Crippen molar-refractivity contribution >= 4 is 46.1 Å². The van der Waals surface area contributed by atoms with Gasteiger partial charge in [-0.1, -0.05) is 25.6 Å². The third-order valence-corrected chi connectivity index (χ3v) is 5.08. The molecule has 4 rings (SSSR count). The molecular formula is C22H24N6O2S. The van der Waals surface area contributed by atoms with Gasteiger partial charge in [-0.2, -0.15) is 0 Å². The van der Waals surface area contributed by atoms with Crippen molar-refractivity contribution in [3.63, 3.8) is 0 Å². The molecule has 0 fully saturated rings. The number of pyridine rings is 1. The van der Waals surface area contributed by atoms with Gasteiger partial charge in [-0.05, 0) is 37.4 Å². The average Bonchev–Trinajstić information content (AvgIpc) is 3.09. The molecule has 0 aliphatic carbocycles. The number of fused-ring (bicyclic) bond motifs is 3. The van der Waals surface area contributed by atoms with Crippen molar-refractivity contribution < 1.29 is 9.59 Å². The minimum Gasteiger partial charge on any atom is -0.274 e. The average molecular weight is 437 g/mol. The predicted octanol–water partition coefficient (Wildman–Crippen LogP) is 4.30. The Morgan fingerprint density at radius 3 is 2.29 bits per heavy atom. The van der Waals surface area contributed by atoms with Gasteiger partial charge in [0.2, 0.25) is 17.8 Å². The molecule has 160 valence electrons. The minimum absolute atomic E-state index is 0.205. The van der Waals surface area contributed by atoms with Gasteiger partial charge in [0.1, 0.15) is 5.65 Å². The number of hydrogen-bond donors (Lipinski definition) is 0. The van der Waals surface area contributed by atoms with E-state index in [-0.39, 0.29) is 5.95 Å². The van der Waals surface area contributed by atoms with E-state index in [4.69, 9.17) is 0 Å². The van der Waals surface area contributed by atoms with Gasteiger partial charge < -0.3 is 0 Å². The Kier molecular flexibility index (Phi) is 6.65. The quantitative estimate of drug-likeness (QED) is 0.349. The van der Waals surface area contributed by atoms with Crippen LogP contribution >= 0.6 is 11.8 Å². The van der Waals surface area contributed by atoms with E-state index in [1.807, 2.05) is 51.3 Å². The maximum absolute atomic E-state index is 12.2. The second kappa shape index (κ2) is 9.22. The fourth-order valence-corrected chi connectivity index (χ4v) is 3.73. The number of aromatic nitrogens is 5. The molecule has 0 unspecified atom stereocenters. The third kappa shape index (κ3) is 4.00. The van der Waals surface area contributed by atoms with Crippen molar-refractivity contribution in [1.82, 2.24) is 24.3 Å². The highest BCUT2D eigenvalue weighted by molar-refractivity contribution is 7.98. The zero-order valence-corrected chi connectivity index (χ0v) is 19.2. The maximum atomic E-state index is 12.2. The maximum Gasteiger partial charge on any atom is 0.233 e. The van der Waals surface area contributed by atoms with Crippen LogP contribution in [0.25, 0.3) is 27.8 Å². The number of carbonyl (C=O) groups excluding carboxylic acids is 2. The van der Waals surface area contributed by atoms with E-state index in [0.717, 1.165) is 32.8 Å². The van der Waals surface area contributed by atoms with Crippen molar-refractivity contribution in [2.24, 2.45) is 0 Å². The first kappa shape index (κ1) is 22.4. The number of thioether (sulfide) groups is 1. The summed E-state index contributed by atoms with van der Waals surface area (Å²) in [6.07, 6.45) is 5.21. The van der Waals surface area contributed by atoms with Gasteiger partial charge in [0.05, 0.1) is 11.2 Å². The van der Waals surface area contributed by atoms with Gasteiger partial charge >= 0.3 is 0 Å². The van der Waals surface area contributed by atoms with Crippen LogP contribution in [-0.4, -0.2) is 42.4 Å². The molecule has 2 amide bonds. The van der Waals surface area contributed by atoms with Gasteiger partial charge in [0.25, 0.3) is 0 Å². The van der Waals surface area contributed by atoms with Crippen molar-refractivity contribution in [2.75, 3.05) is 11.2 Å². The summed E-state index contributed by atoms with van der Waals surface area (Å²) in [6.45, 7) is 8.56. The molecule has 0 saturated carbocycles. The second-order valence-electron chi connectivity index (χ2n) is 6.47. The Morgan fingerprint density at radius 2 is 1.65 bits per heavy atom. The summed E-state index contributed by atoms with van der Waals surface area (Å²) in [5.74, 6) is -0.628. The topological polar surface area (TPSA) is 93.3 Å². The first-order chi connectivity index (χ1) is 14.9. The largest absolute Gasteiger partial charge is 0.274 e. The highest BCUT2D eigenvalue weighted by Crippen LogP contribution is 2.36. The summed E-state index contributed by atoms with van der Waals surface area (Å²) in [6, 6.07) is 7.55. The van der Waals surface area contributed by atoms with Crippen molar-refractivity contribution in [3.05, 3.63) is 42.4 Å². The number of carbonyl (C=O) groups is 2. The molecule has 0 aliphatic rings. The summed E-state index contributed by atoms with van der Waals surface area (Å²) in [5.41, 5.74) is 3.75. The first-order valence-corrected chi connectivity index (χ1v) is 11.1. The molecule has 4 heterocycles. The Hall–Kier alpha value is -3.33. The van der Waals surface area contributed by atoms with E-state index in [9.17, 15) is 9.59 Å². The van der Waals surface area contributed by atoms with Crippen LogP contribution < -0.4 is 4.90 Å². The Morgan fingerprint density at radius 1 is 0.968 bits per heavy atom. The number of aryl methyl sites for hydroxylation is 1. The monoisotopic (exact) mass is 436 g/mol. The number of anilines is 1. The molecule has 8 nitrogen and oxygen atoms in total. The summed E-state index contributed by atoms with van der Waals surface area (Å²) in [5, 5.41) is 1.50. The highest BCUT2D eigenvalue weighted by atomic mass is 32.2. The third-order valence-electron chi connectivity index (χ3n) is 4.52. The summed E-state index contributed by atoms with van der Waals surface area (Å²) in [7, 11) is 0. The molecule has 0 atom stereocenters. The molecule has 0 spiro atoms. The standard InChI is InChI=1S/C20H18N6O2S.C2H6/c1-11-5-6-14-17(15-7-9-21-19(24-15)29-4)16-8-10-22-20(26(16)18(14)23-11)25(12(2)27)13(3)28;1-2/h5-10H,1-4H3;1-2H3. The van der Waals surface area contributed by atoms with E-state index in [2.05, 4.69) is 19.9 Å². The molecule has 0 N–H and O–H groups in total. The summed E-state index contributed by atoms with van der Waals surface area (Å²) < 4.78 is 1.74. The summed E-state index contributed by atoms with van der Waals surface area (Å²) in [4.78, 5) is 43.4. The van der Waals surface area contributed by atoms with Crippen LogP contribution in [0.5, 0.6) is 0 Å². The number of imide groups is 1. The van der Waals surface area contributed by atoms with E-state index >= 15 is 0 Å². The lowest BCUT2D eigenvalue weighted by molar-refractivity contribution is -0.124. The Balaban J connectivity index is 0.00000132. The SMILES string of the molecule is CC.CSc1nccc(-c2c3ccc(C)nc3n3c(N(C(C)=O)C(C)=O)nccc23)n1. The molecular weight excluding hydrogens is 412 g/mol. The molecule has 0 aromatic carbocycles. The molecule has 0 radical (unpaired) electrons. The highest BCUT2D eigenvalue weighted by Gasteiger charge is 2.25. The molecule has 0 saturated heterocycles. The zero-order valence-electron chi connectivity index (χ0n) is 18.4. The van der Waals surface area contributed by atoms with Crippen molar-refractivity contribution in [2.45, 2.75) is 39.8 Å². The smallest absolute Gasteiger partial charge is 0.233 e. The van der Waals surface area contributed by atoms with Crippen molar-refractivity contribution in [1.29, 1.82) is 0 Å². The molecule has 31 heavy (non-hydrogen) atoms. The summed E-state index contributed by atoms with van der Waals surface area (Å²) >= 11 is 1.45. The Labute approximate surface area is 184 Å². The lowest BCUT2D eigenvalue weighted by atomic mass is 10.1. The molecule has 0 aliphatic heterocycles. The first-order valence-electron chi connectivity index (χ1n) is 9.88. The van der Waals surface area contributed by atoms with Crippen LogP contribution in [0.2, 0.25) is 0 Å². The van der Waals surface area contributed by atoms with Gasteiger partial charge in [-0.3, -0.25) is 14.0 Å². The fraction of sp³-hybridized carbons (Fsp3) is 0.273. The van der Waals surface area contributed by atoms with Gasteiger partial charge in [0.15, 0.2) is 5.16 Å². The lowest BCUT2D eigenvalue weighted by Gasteiger charge is -2.17. The van der Waals surface area contributed by atoms with Crippen molar-refractivity contribution in [3.8, 4) is 11.3 Å². The van der Waals surface area contributed by atoms with E-state index in [0.29, 0.717) is 10.8 Å². The fourth-order valence-electron chi connectivity index (χ4n) is 3.37. The molecule has 4 aromatic rings. The van der Waals surface area contributed by atoms with E-state index < -0.39 is 11.8 Å². The van der Waals surface area contributed by atoms with Crippen LogP contribution in [0, 0.1) is 6.92 Å². The minimum atomic E-state index is -0.416. The number of hydrogen-bond acceptors (Lipinski definition) is 7. The molecule has 9 heteroatoms. The number of nitrogens with zero attached hydrogens (tertiary/aromatic N) is 6. The van der Waals surface area contributed by atoms with Crippen LogP contribution in [0.15, 0.2) is 41.8 Å². The molecule has 0 bridgehead atoms. The van der Waals surface area contributed by atoms with E-state index in [1.54, 1.807) is 16.8 Å². The van der Waals surface area contributed by atoms with Gasteiger partial charge in [-0.25, -0.2) is 24.8 Å². The van der Waals surface area contributed by atoms with Gasteiger partial charge in [-0.15, -0.1) is 0 Å². The molecule has 4 aromatic heterocycles. The zero-order chi connectivity index (χ0) is 22.7. The van der Waals surface area contributed by atoms with Crippen LogP contribution in [0.1, 0.15) is 33.4 Å². The number of amides is 2. The Bertz CT molecular complexity index is 1270. The second-order valence-corrected chi connectivity index (χ2v) is 7.24. The number of rotatable bonds is 3. The normalized spacial score (nSPS) is 10.6. The predicted molar refractivity (Wildman–Crippen MR) is 123 cm³/mol. The lowest BCUT2D eigenvalue weighted by Crippen LogP contribution is -2.35. The van der Waals surface area contributed by atoms with Crippen LogP contribution in [-0.2, 0) is 9.59 Å².